The Morgan fingerprint density at radius 2 is 2.04 bits per heavy atom. The molecule has 0 saturated carbocycles. The predicted octanol–water partition coefficient (Wildman–Crippen LogP) is 3.01. The number of aryl methyl sites for hydroxylation is 2. The summed E-state index contributed by atoms with van der Waals surface area (Å²) in [6.45, 7) is 10.7. The van der Waals surface area contributed by atoms with E-state index in [2.05, 4.69) is 42.3 Å². The molecule has 0 unspecified atom stereocenters. The van der Waals surface area contributed by atoms with Gasteiger partial charge in [0, 0.05) is 23.8 Å². The molecule has 0 saturated heterocycles. The first kappa shape index (κ1) is 19.2. The Hall–Kier alpha value is -2.14. The quantitative estimate of drug-likeness (QED) is 0.750. The van der Waals surface area contributed by atoms with Crippen molar-refractivity contribution in [2.45, 2.75) is 46.7 Å². The zero-order chi connectivity index (χ0) is 18.4. The highest BCUT2D eigenvalue weighted by atomic mass is 16.1. The predicted molar refractivity (Wildman–Crippen MR) is 102 cm³/mol. The molecule has 0 aliphatic rings. The maximum Gasteiger partial charge on any atom is 0.251 e. The van der Waals surface area contributed by atoms with Crippen molar-refractivity contribution in [1.82, 2.24) is 20.0 Å². The third-order valence-corrected chi connectivity index (χ3v) is 4.48. The van der Waals surface area contributed by atoms with Crippen LogP contribution < -0.4 is 5.32 Å². The molecule has 2 rings (SSSR count). The highest BCUT2D eigenvalue weighted by molar-refractivity contribution is 5.94. The minimum absolute atomic E-state index is 0.0117. The summed E-state index contributed by atoms with van der Waals surface area (Å²) in [6.07, 6.45) is 0.950. The van der Waals surface area contributed by atoms with Gasteiger partial charge in [0.05, 0.1) is 12.2 Å². The first-order valence-corrected chi connectivity index (χ1v) is 8.95. The lowest BCUT2D eigenvalue weighted by Crippen LogP contribution is -2.31. The van der Waals surface area contributed by atoms with Gasteiger partial charge in [-0.2, -0.15) is 5.10 Å². The number of hydrogen-bond acceptors (Lipinski definition) is 3. The molecule has 5 nitrogen and oxygen atoms in total. The van der Waals surface area contributed by atoms with Gasteiger partial charge in [-0.15, -0.1) is 0 Å². The van der Waals surface area contributed by atoms with Crippen molar-refractivity contribution in [3.63, 3.8) is 0 Å². The van der Waals surface area contributed by atoms with E-state index < -0.39 is 0 Å². The van der Waals surface area contributed by atoms with E-state index in [1.807, 2.05) is 42.8 Å². The molecule has 1 amide bonds. The second-order valence-electron chi connectivity index (χ2n) is 6.97. The molecule has 0 radical (unpaired) electrons. The number of nitrogens with zero attached hydrogens (tertiary/aromatic N) is 3. The van der Waals surface area contributed by atoms with Crippen molar-refractivity contribution in [2.75, 3.05) is 20.1 Å². The molecule has 25 heavy (non-hydrogen) atoms. The Bertz CT molecular complexity index is 705. The van der Waals surface area contributed by atoms with Crippen LogP contribution in [0.3, 0.4) is 0 Å². The van der Waals surface area contributed by atoms with Crippen molar-refractivity contribution >= 4 is 5.91 Å². The van der Waals surface area contributed by atoms with Crippen LogP contribution in [0.5, 0.6) is 0 Å². The fraction of sp³-hybridized carbons (Fsp3) is 0.500. The number of rotatable bonds is 8. The number of hydrogen-bond donors (Lipinski definition) is 1. The monoisotopic (exact) mass is 342 g/mol. The molecule has 0 fully saturated rings. The molecule has 0 bridgehead atoms. The van der Waals surface area contributed by atoms with E-state index in [1.54, 1.807) is 0 Å². The largest absolute Gasteiger partial charge is 0.352 e. The van der Waals surface area contributed by atoms with Crippen molar-refractivity contribution < 1.29 is 4.79 Å². The lowest BCUT2D eigenvalue weighted by atomic mass is 10.1. The van der Waals surface area contributed by atoms with Crippen molar-refractivity contribution in [2.24, 2.45) is 0 Å². The molecule has 2 aromatic rings. The smallest absolute Gasteiger partial charge is 0.251 e. The van der Waals surface area contributed by atoms with Gasteiger partial charge in [-0.25, -0.2) is 0 Å². The van der Waals surface area contributed by atoms with Gasteiger partial charge in [-0.3, -0.25) is 9.48 Å². The molecule has 1 aromatic heterocycles. The number of amides is 1. The van der Waals surface area contributed by atoms with Gasteiger partial charge in [0.2, 0.25) is 0 Å². The molecule has 0 aliphatic carbocycles. The molecule has 0 aliphatic heterocycles. The van der Waals surface area contributed by atoms with E-state index in [4.69, 9.17) is 0 Å². The van der Waals surface area contributed by atoms with Crippen molar-refractivity contribution in [3.05, 3.63) is 52.8 Å². The Kier molecular flexibility index (Phi) is 6.76. The third kappa shape index (κ3) is 5.71. The number of carbonyl (C=O) groups is 1. The molecule has 1 heterocycles. The fourth-order valence-electron chi connectivity index (χ4n) is 2.71. The van der Waals surface area contributed by atoms with Crippen LogP contribution in [0.1, 0.15) is 47.6 Å². The lowest BCUT2D eigenvalue weighted by molar-refractivity contribution is 0.0951. The van der Waals surface area contributed by atoms with Crippen LogP contribution in [0, 0.1) is 13.8 Å². The normalized spacial score (nSPS) is 11.3. The van der Waals surface area contributed by atoms with E-state index in [0.29, 0.717) is 24.7 Å². The zero-order valence-corrected chi connectivity index (χ0v) is 16.0. The third-order valence-electron chi connectivity index (χ3n) is 4.48. The molecule has 1 aromatic carbocycles. The highest BCUT2D eigenvalue weighted by Gasteiger charge is 2.08. The molecule has 1 N–H and O–H groups in total. The van der Waals surface area contributed by atoms with Crippen LogP contribution >= 0.6 is 0 Å². The SMILES string of the molecule is Cc1cc(C)n(Cc2cccc(C(=O)NCCCN(C)C(C)C)c2)n1. The summed E-state index contributed by atoms with van der Waals surface area (Å²) >= 11 is 0. The van der Waals surface area contributed by atoms with E-state index >= 15 is 0 Å². The second kappa shape index (κ2) is 8.81. The minimum atomic E-state index is -0.0117. The number of nitrogens with one attached hydrogen (secondary N) is 1. The number of benzene rings is 1. The highest BCUT2D eigenvalue weighted by Crippen LogP contribution is 2.10. The average Bonchev–Trinajstić information content (AvgIpc) is 2.88. The van der Waals surface area contributed by atoms with Gasteiger partial charge in [0.15, 0.2) is 0 Å². The van der Waals surface area contributed by atoms with Crippen LogP contribution in [-0.4, -0.2) is 46.8 Å². The van der Waals surface area contributed by atoms with Gasteiger partial charge in [-0.05, 0) is 71.5 Å². The standard InChI is InChI=1S/C20H30N4O/c1-15(2)23(5)11-7-10-21-20(25)19-9-6-8-18(13-19)14-24-17(4)12-16(3)22-24/h6,8-9,12-13,15H,7,10-11,14H2,1-5H3,(H,21,25). The van der Waals surface area contributed by atoms with Crippen LogP contribution in [0.2, 0.25) is 0 Å². The van der Waals surface area contributed by atoms with E-state index in [9.17, 15) is 4.79 Å². The van der Waals surface area contributed by atoms with Crippen LogP contribution in [0.15, 0.2) is 30.3 Å². The number of aromatic nitrogens is 2. The summed E-state index contributed by atoms with van der Waals surface area (Å²) < 4.78 is 1.97. The lowest BCUT2D eigenvalue weighted by Gasteiger charge is -2.20. The molecular weight excluding hydrogens is 312 g/mol. The Balaban J connectivity index is 1.89. The van der Waals surface area contributed by atoms with Crippen molar-refractivity contribution in [1.29, 1.82) is 0 Å². The van der Waals surface area contributed by atoms with E-state index in [0.717, 1.165) is 29.9 Å². The van der Waals surface area contributed by atoms with Crippen LogP contribution in [-0.2, 0) is 6.54 Å². The van der Waals surface area contributed by atoms with Crippen molar-refractivity contribution in [3.8, 4) is 0 Å². The molecule has 136 valence electrons. The Morgan fingerprint density at radius 1 is 1.28 bits per heavy atom. The minimum Gasteiger partial charge on any atom is -0.352 e. The molecule has 5 heteroatoms. The topological polar surface area (TPSA) is 50.2 Å². The maximum atomic E-state index is 12.4. The zero-order valence-electron chi connectivity index (χ0n) is 16.0. The van der Waals surface area contributed by atoms with Gasteiger partial charge in [-0.1, -0.05) is 12.1 Å². The summed E-state index contributed by atoms with van der Waals surface area (Å²) in [5, 5.41) is 7.49. The summed E-state index contributed by atoms with van der Waals surface area (Å²) in [5.41, 5.74) is 3.93. The molecule has 0 atom stereocenters. The van der Waals surface area contributed by atoms with Gasteiger partial charge >= 0.3 is 0 Å². The fourth-order valence-corrected chi connectivity index (χ4v) is 2.71. The first-order chi connectivity index (χ1) is 11.9. The summed E-state index contributed by atoms with van der Waals surface area (Å²) in [7, 11) is 2.11. The van der Waals surface area contributed by atoms with E-state index in [-0.39, 0.29) is 5.91 Å². The molecule has 0 spiro atoms. The summed E-state index contributed by atoms with van der Waals surface area (Å²) in [5.74, 6) is -0.0117. The van der Waals surface area contributed by atoms with E-state index in [1.165, 1.54) is 0 Å². The maximum absolute atomic E-state index is 12.4. The molecular formula is C20H30N4O. The van der Waals surface area contributed by atoms with Crippen LogP contribution in [0.25, 0.3) is 0 Å². The van der Waals surface area contributed by atoms with Crippen LogP contribution in [0.4, 0.5) is 0 Å². The first-order valence-electron chi connectivity index (χ1n) is 8.95. The second-order valence-corrected chi connectivity index (χ2v) is 6.97. The van der Waals surface area contributed by atoms with Gasteiger partial charge in [0.25, 0.3) is 5.91 Å². The van der Waals surface area contributed by atoms with Gasteiger partial charge in [0.1, 0.15) is 0 Å². The average molecular weight is 342 g/mol. The number of carbonyl (C=O) groups excluding carboxylic acids is 1. The Labute approximate surface area is 151 Å². The summed E-state index contributed by atoms with van der Waals surface area (Å²) in [6, 6.07) is 10.4. The Morgan fingerprint density at radius 3 is 2.68 bits per heavy atom. The van der Waals surface area contributed by atoms with Gasteiger partial charge < -0.3 is 10.2 Å². The summed E-state index contributed by atoms with van der Waals surface area (Å²) in [4.78, 5) is 14.6.